The number of allylic oxidation sites excluding steroid dienone is 2. The smallest absolute Gasteiger partial charge is 0.328 e. The second kappa shape index (κ2) is 7.11. The first kappa shape index (κ1) is 15.4. The molecule has 0 amide bonds. The second-order valence-corrected chi connectivity index (χ2v) is 5.13. The van der Waals surface area contributed by atoms with Crippen LogP contribution in [0.1, 0.15) is 11.1 Å². The third-order valence-electron chi connectivity index (χ3n) is 2.79. The van der Waals surface area contributed by atoms with Crippen molar-refractivity contribution >= 4 is 40.8 Å². The molecule has 0 aromatic heterocycles. The van der Waals surface area contributed by atoms with Crippen LogP contribution in [-0.4, -0.2) is 11.1 Å². The lowest BCUT2D eigenvalue weighted by Gasteiger charge is -2.02. The van der Waals surface area contributed by atoms with Crippen LogP contribution in [0.2, 0.25) is 10.0 Å². The highest BCUT2D eigenvalue weighted by atomic mass is 35.5. The molecule has 0 aliphatic rings. The number of hydrogen-bond acceptors (Lipinski definition) is 1. The van der Waals surface area contributed by atoms with Crippen molar-refractivity contribution in [2.24, 2.45) is 0 Å². The molecule has 0 heterocycles. The normalized spacial score (nSPS) is 11.8. The molecule has 0 saturated heterocycles. The van der Waals surface area contributed by atoms with Gasteiger partial charge in [-0.25, -0.2) is 4.79 Å². The minimum atomic E-state index is -0.993. The van der Waals surface area contributed by atoms with Crippen LogP contribution in [0, 0.1) is 0 Å². The number of halogens is 2. The van der Waals surface area contributed by atoms with Crippen LogP contribution in [0.5, 0.6) is 0 Å². The van der Waals surface area contributed by atoms with E-state index in [0.29, 0.717) is 15.6 Å². The summed E-state index contributed by atoms with van der Waals surface area (Å²) in [5, 5.41) is 9.92. The molecule has 0 radical (unpaired) electrons. The lowest BCUT2D eigenvalue weighted by molar-refractivity contribution is -0.131. The Morgan fingerprint density at radius 2 is 1.71 bits per heavy atom. The monoisotopic (exact) mass is 318 g/mol. The molecule has 0 atom stereocenters. The maximum absolute atomic E-state index is 10.9. The Morgan fingerprint density at radius 1 is 1.00 bits per heavy atom. The van der Waals surface area contributed by atoms with Crippen molar-refractivity contribution in [3.8, 4) is 0 Å². The van der Waals surface area contributed by atoms with Gasteiger partial charge in [0.2, 0.25) is 0 Å². The largest absolute Gasteiger partial charge is 0.478 e. The summed E-state index contributed by atoms with van der Waals surface area (Å²) in [6.45, 7) is 0. The molecular weight excluding hydrogens is 307 g/mol. The van der Waals surface area contributed by atoms with E-state index in [-0.39, 0.29) is 0 Å². The van der Waals surface area contributed by atoms with Crippen molar-refractivity contribution in [2.75, 3.05) is 0 Å². The highest BCUT2D eigenvalue weighted by Gasteiger charge is 2.01. The zero-order valence-corrected chi connectivity index (χ0v) is 12.5. The highest BCUT2D eigenvalue weighted by molar-refractivity contribution is 6.42. The summed E-state index contributed by atoms with van der Waals surface area (Å²) < 4.78 is 0. The van der Waals surface area contributed by atoms with Gasteiger partial charge >= 0.3 is 5.97 Å². The molecule has 106 valence electrons. The molecule has 0 fully saturated rings. The van der Waals surface area contributed by atoms with E-state index >= 15 is 0 Å². The highest BCUT2D eigenvalue weighted by Crippen LogP contribution is 2.24. The molecule has 4 heteroatoms. The lowest BCUT2D eigenvalue weighted by atomic mass is 10.0. The number of rotatable bonds is 4. The quantitative estimate of drug-likeness (QED) is 0.623. The van der Waals surface area contributed by atoms with Crippen LogP contribution in [-0.2, 0) is 4.79 Å². The molecule has 21 heavy (non-hydrogen) atoms. The number of carbonyl (C=O) groups is 1. The second-order valence-electron chi connectivity index (χ2n) is 4.31. The fourth-order valence-corrected chi connectivity index (χ4v) is 2.10. The Labute approximate surface area is 132 Å². The van der Waals surface area contributed by atoms with Gasteiger partial charge in [-0.3, -0.25) is 0 Å². The van der Waals surface area contributed by atoms with E-state index in [1.54, 1.807) is 24.3 Å². The summed E-state index contributed by atoms with van der Waals surface area (Å²) in [4.78, 5) is 10.9. The Bertz CT molecular complexity index is 704. The molecule has 0 bridgehead atoms. The predicted molar refractivity (Wildman–Crippen MR) is 87.6 cm³/mol. The van der Waals surface area contributed by atoms with Gasteiger partial charge in [-0.2, -0.15) is 0 Å². The molecule has 2 nitrogen and oxygen atoms in total. The summed E-state index contributed by atoms with van der Waals surface area (Å²) in [7, 11) is 0. The molecule has 1 N–H and O–H groups in total. The van der Waals surface area contributed by atoms with Crippen LogP contribution in [0.3, 0.4) is 0 Å². The van der Waals surface area contributed by atoms with Gasteiger partial charge in [0.1, 0.15) is 0 Å². The molecule has 2 aromatic rings. The van der Waals surface area contributed by atoms with Gasteiger partial charge in [-0.1, -0.05) is 71.8 Å². The van der Waals surface area contributed by atoms with Gasteiger partial charge in [0.25, 0.3) is 0 Å². The zero-order valence-electron chi connectivity index (χ0n) is 11.0. The standard InChI is InChI=1S/C17H12Cl2O2/c18-15-9-7-12(10-16(15)19)6-8-14(11-17(20)21)13-4-2-1-3-5-13/h1-11H,(H,20,21). The molecule has 2 rings (SSSR count). The first-order valence-electron chi connectivity index (χ1n) is 6.19. The van der Waals surface area contributed by atoms with Crippen molar-refractivity contribution in [2.45, 2.75) is 0 Å². The fraction of sp³-hybridized carbons (Fsp3) is 0. The van der Waals surface area contributed by atoms with Crippen molar-refractivity contribution in [1.29, 1.82) is 0 Å². The molecular formula is C17H12Cl2O2. The molecule has 0 spiro atoms. The first-order chi connectivity index (χ1) is 10.1. The first-order valence-corrected chi connectivity index (χ1v) is 6.95. The topological polar surface area (TPSA) is 37.3 Å². The minimum Gasteiger partial charge on any atom is -0.478 e. The molecule has 0 aliphatic heterocycles. The van der Waals surface area contributed by atoms with Crippen LogP contribution >= 0.6 is 23.2 Å². The molecule has 0 saturated carbocycles. The van der Waals surface area contributed by atoms with Crippen LogP contribution in [0.4, 0.5) is 0 Å². The number of aliphatic carboxylic acids is 1. The van der Waals surface area contributed by atoms with Gasteiger partial charge in [-0.15, -0.1) is 0 Å². The Balaban J connectivity index is 2.33. The summed E-state index contributed by atoms with van der Waals surface area (Å²) in [5.41, 5.74) is 2.28. The molecule has 0 aliphatic carbocycles. The number of benzene rings is 2. The minimum absolute atomic E-state index is 0.460. The zero-order chi connectivity index (χ0) is 15.2. The van der Waals surface area contributed by atoms with Gasteiger partial charge < -0.3 is 5.11 Å². The summed E-state index contributed by atoms with van der Waals surface area (Å²) in [5.74, 6) is -0.993. The average Bonchev–Trinajstić information content (AvgIpc) is 2.47. The molecule has 2 aromatic carbocycles. The summed E-state index contributed by atoms with van der Waals surface area (Å²) in [6.07, 6.45) is 4.70. The average molecular weight is 319 g/mol. The van der Waals surface area contributed by atoms with Crippen molar-refractivity contribution < 1.29 is 9.90 Å². The summed E-state index contributed by atoms with van der Waals surface area (Å²) >= 11 is 11.8. The van der Waals surface area contributed by atoms with Gasteiger partial charge in [0.15, 0.2) is 0 Å². The Kier molecular flexibility index (Phi) is 5.20. The van der Waals surface area contributed by atoms with Gasteiger partial charge in [0, 0.05) is 6.08 Å². The van der Waals surface area contributed by atoms with Crippen molar-refractivity contribution in [1.82, 2.24) is 0 Å². The van der Waals surface area contributed by atoms with E-state index < -0.39 is 5.97 Å². The van der Waals surface area contributed by atoms with E-state index in [0.717, 1.165) is 11.1 Å². The number of carboxylic acid groups (broad SMARTS) is 1. The van der Waals surface area contributed by atoms with Crippen LogP contribution in [0.15, 0.2) is 60.7 Å². The van der Waals surface area contributed by atoms with E-state index in [1.165, 1.54) is 6.08 Å². The maximum Gasteiger partial charge on any atom is 0.328 e. The van der Waals surface area contributed by atoms with Gasteiger partial charge in [0.05, 0.1) is 10.0 Å². The van der Waals surface area contributed by atoms with Crippen molar-refractivity contribution in [3.63, 3.8) is 0 Å². The maximum atomic E-state index is 10.9. The van der Waals surface area contributed by atoms with E-state index in [1.807, 2.05) is 36.4 Å². The van der Waals surface area contributed by atoms with E-state index in [4.69, 9.17) is 28.3 Å². The van der Waals surface area contributed by atoms with E-state index in [9.17, 15) is 4.79 Å². The van der Waals surface area contributed by atoms with Gasteiger partial charge in [-0.05, 0) is 28.8 Å². The van der Waals surface area contributed by atoms with E-state index in [2.05, 4.69) is 0 Å². The number of hydrogen-bond donors (Lipinski definition) is 1. The number of carboxylic acids is 1. The van der Waals surface area contributed by atoms with Crippen LogP contribution < -0.4 is 0 Å². The predicted octanol–water partition coefficient (Wildman–Crippen LogP) is 5.17. The third-order valence-corrected chi connectivity index (χ3v) is 3.52. The SMILES string of the molecule is O=C(O)C=C(C=Cc1ccc(Cl)c(Cl)c1)c1ccccc1. The van der Waals surface area contributed by atoms with Crippen LogP contribution in [0.25, 0.3) is 11.6 Å². The molecule has 0 unspecified atom stereocenters. The fourth-order valence-electron chi connectivity index (χ4n) is 1.79. The summed E-state index contributed by atoms with van der Waals surface area (Å²) in [6, 6.07) is 14.5. The lowest BCUT2D eigenvalue weighted by Crippen LogP contribution is -1.90. The van der Waals surface area contributed by atoms with Crippen molar-refractivity contribution in [3.05, 3.63) is 81.9 Å². The third kappa shape index (κ3) is 4.48. The Morgan fingerprint density at radius 3 is 2.33 bits per heavy atom. The Hall–Kier alpha value is -2.03.